The third-order valence-corrected chi connectivity index (χ3v) is 9.81. The predicted octanol–water partition coefficient (Wildman–Crippen LogP) is 6.70. The van der Waals surface area contributed by atoms with Gasteiger partial charge < -0.3 is 5.11 Å². The van der Waals surface area contributed by atoms with E-state index in [2.05, 4.69) is 83.7 Å². The first-order valence-electron chi connectivity index (χ1n) is 13.2. The number of hydrogen-bond acceptors (Lipinski definition) is 6. The van der Waals surface area contributed by atoms with Crippen LogP contribution in [0, 0.1) is 6.07 Å². The van der Waals surface area contributed by atoms with Crippen molar-refractivity contribution in [3.63, 3.8) is 0 Å². The molecule has 2 aromatic carbocycles. The van der Waals surface area contributed by atoms with E-state index in [0.717, 1.165) is 39.3 Å². The summed E-state index contributed by atoms with van der Waals surface area (Å²) in [5.41, 5.74) is 5.35. The topological polar surface area (TPSA) is 88.9 Å². The molecule has 2 heterocycles. The fourth-order valence-corrected chi connectivity index (χ4v) is 6.73. The van der Waals surface area contributed by atoms with Crippen molar-refractivity contribution in [2.24, 2.45) is 0 Å². The first kappa shape index (κ1) is 31.5. The van der Waals surface area contributed by atoms with E-state index in [-0.39, 0.29) is 42.5 Å². The van der Waals surface area contributed by atoms with Crippen molar-refractivity contribution in [2.75, 3.05) is 0 Å². The van der Waals surface area contributed by atoms with Crippen LogP contribution in [0.15, 0.2) is 60.9 Å². The monoisotopic (exact) mass is 730 g/mol. The number of hydrogen-bond donors (Lipinski definition) is 1. The van der Waals surface area contributed by atoms with Crippen LogP contribution in [-0.2, 0) is 35.7 Å². The molecular formula is C32H37IrN4O2Si-. The van der Waals surface area contributed by atoms with E-state index >= 15 is 0 Å². The molecule has 4 aromatic rings. The summed E-state index contributed by atoms with van der Waals surface area (Å²) in [6, 6.07) is 14.5. The average Bonchev–Trinajstić information content (AvgIpc) is 2.86. The van der Waals surface area contributed by atoms with Gasteiger partial charge in [0.15, 0.2) is 5.78 Å². The number of aromatic nitrogens is 4. The zero-order valence-corrected chi connectivity index (χ0v) is 28.1. The maximum absolute atomic E-state index is 10.0. The predicted molar refractivity (Wildman–Crippen MR) is 161 cm³/mol. The van der Waals surface area contributed by atoms with Gasteiger partial charge in [-0.05, 0) is 13.8 Å². The molecule has 40 heavy (non-hydrogen) atoms. The Balaban J connectivity index is 0.000000492. The number of carbonyl (C=O) groups excluding carboxylic acids is 1. The smallest absolute Gasteiger partial charge is 0.155 e. The first-order chi connectivity index (χ1) is 18.2. The summed E-state index contributed by atoms with van der Waals surface area (Å²) in [6.45, 7) is 19.0. The van der Waals surface area contributed by atoms with Gasteiger partial charge in [0.05, 0.1) is 30.9 Å². The van der Waals surface area contributed by atoms with Crippen LogP contribution in [0.25, 0.3) is 33.3 Å². The van der Waals surface area contributed by atoms with Gasteiger partial charge in [0, 0.05) is 60.7 Å². The maximum atomic E-state index is 10.0. The number of fused-ring (bicyclic) bond motifs is 4. The Labute approximate surface area is 251 Å². The van der Waals surface area contributed by atoms with E-state index in [1.165, 1.54) is 30.5 Å². The number of benzene rings is 2. The van der Waals surface area contributed by atoms with Crippen LogP contribution in [0.1, 0.15) is 52.9 Å². The van der Waals surface area contributed by atoms with Crippen molar-refractivity contribution in [3.8, 4) is 22.5 Å². The van der Waals surface area contributed by atoms with Gasteiger partial charge in [-0.2, -0.15) is 0 Å². The Bertz CT molecular complexity index is 1600. The van der Waals surface area contributed by atoms with Gasteiger partial charge in [-0.3, -0.25) is 19.7 Å². The molecule has 0 fully saturated rings. The molecule has 6 nitrogen and oxygen atoms in total. The number of aliphatic hydroxyl groups is 1. The van der Waals surface area contributed by atoms with Gasteiger partial charge in [0.1, 0.15) is 6.33 Å². The van der Waals surface area contributed by atoms with Crippen LogP contribution in [-0.4, -0.2) is 38.9 Å². The summed E-state index contributed by atoms with van der Waals surface area (Å²) in [7, 11) is -1.61. The largest absolute Gasteiger partial charge is 0.512 e. The second-order valence-electron chi connectivity index (χ2n) is 12.2. The zero-order valence-electron chi connectivity index (χ0n) is 24.7. The molecule has 0 saturated carbocycles. The first-order valence-corrected chi connectivity index (χ1v) is 16.7. The van der Waals surface area contributed by atoms with Crippen molar-refractivity contribution in [1.82, 2.24) is 19.9 Å². The fraction of sp³-hybridized carbons (Fsp3) is 0.344. The van der Waals surface area contributed by atoms with Crippen molar-refractivity contribution in [1.29, 1.82) is 0 Å². The standard InChI is InChI=1S/C27H29N4Si.C5H8O2.Ir/c1-26(2)24-21(23-25(27(26,3)4)29-13-12-28-23)22(30-16-31-24)18-14-17-10-8-9-11-19(17)20(15-18)32(5,6)7;1-4(6)3-5(2)7;/h8-13,15-16H,1-7H3;3,6H,1-2H3;/q-1;;/b;4-3-;. The number of aliphatic hydroxyl groups excluding tert-OH is 1. The van der Waals surface area contributed by atoms with Crippen molar-refractivity contribution >= 4 is 29.8 Å². The van der Waals surface area contributed by atoms with Gasteiger partial charge in [-0.25, -0.2) is 4.98 Å². The number of allylic oxidation sites excluding steroid dienone is 2. The third kappa shape index (κ3) is 5.71. The van der Waals surface area contributed by atoms with E-state index < -0.39 is 8.07 Å². The minimum Gasteiger partial charge on any atom is -0.512 e. The summed E-state index contributed by atoms with van der Waals surface area (Å²) < 4.78 is 0. The van der Waals surface area contributed by atoms with E-state index in [0.29, 0.717) is 0 Å². The van der Waals surface area contributed by atoms with Gasteiger partial charge >= 0.3 is 0 Å². The second kappa shape index (κ2) is 11.4. The minimum absolute atomic E-state index is 0. The molecule has 0 saturated heterocycles. The summed E-state index contributed by atoms with van der Waals surface area (Å²) in [4.78, 5) is 29.2. The molecule has 0 atom stereocenters. The molecule has 0 amide bonds. The Morgan fingerprint density at radius 1 is 0.900 bits per heavy atom. The quantitative estimate of drug-likeness (QED) is 0.109. The molecule has 0 spiro atoms. The molecule has 1 aliphatic carbocycles. The molecule has 5 rings (SSSR count). The minimum atomic E-state index is -1.61. The van der Waals surface area contributed by atoms with Gasteiger partial charge in [-0.15, -0.1) is 28.8 Å². The molecule has 1 radical (unpaired) electrons. The Kier molecular flexibility index (Phi) is 8.99. The molecule has 0 aliphatic heterocycles. The summed E-state index contributed by atoms with van der Waals surface area (Å²) in [6.07, 6.45) is 6.42. The van der Waals surface area contributed by atoms with Crippen molar-refractivity contribution in [3.05, 3.63) is 78.3 Å². The molecule has 0 bridgehead atoms. The Hall–Kier alpha value is -3.06. The van der Waals surface area contributed by atoms with Crippen LogP contribution < -0.4 is 5.19 Å². The van der Waals surface area contributed by atoms with Crippen molar-refractivity contribution in [2.45, 2.75) is 72.0 Å². The average molecular weight is 730 g/mol. The molecule has 0 unspecified atom stereocenters. The van der Waals surface area contributed by atoms with Crippen molar-refractivity contribution < 1.29 is 30.0 Å². The molecule has 1 aliphatic rings. The van der Waals surface area contributed by atoms with Gasteiger partial charge in [0.25, 0.3) is 0 Å². The van der Waals surface area contributed by atoms with Gasteiger partial charge in [-0.1, -0.05) is 76.5 Å². The number of carbonyl (C=O) groups is 1. The van der Waals surface area contributed by atoms with E-state index in [1.54, 1.807) is 18.7 Å². The Morgan fingerprint density at radius 3 is 2.12 bits per heavy atom. The second-order valence-corrected chi connectivity index (χ2v) is 17.3. The molecule has 2 aromatic heterocycles. The third-order valence-electron chi connectivity index (χ3n) is 7.78. The number of nitrogens with zero attached hydrogens (tertiary/aromatic N) is 4. The molecule has 211 valence electrons. The summed E-state index contributed by atoms with van der Waals surface area (Å²) in [5, 5.41) is 12.2. The van der Waals surface area contributed by atoms with E-state index in [9.17, 15) is 4.79 Å². The van der Waals surface area contributed by atoms with Gasteiger partial charge in [0.2, 0.25) is 0 Å². The van der Waals surface area contributed by atoms with Crippen LogP contribution >= 0.6 is 0 Å². The zero-order chi connectivity index (χ0) is 28.8. The van der Waals surface area contributed by atoms with Crippen LogP contribution in [0.4, 0.5) is 0 Å². The summed E-state index contributed by atoms with van der Waals surface area (Å²) >= 11 is 0. The van der Waals surface area contributed by atoms with Crippen LogP contribution in [0.3, 0.4) is 0 Å². The van der Waals surface area contributed by atoms with Crippen LogP contribution in [0.2, 0.25) is 19.6 Å². The molecule has 1 N–H and O–H groups in total. The van der Waals surface area contributed by atoms with E-state index in [1.807, 2.05) is 0 Å². The van der Waals surface area contributed by atoms with Crippen LogP contribution in [0.5, 0.6) is 0 Å². The number of ketones is 1. The molecular weight excluding hydrogens is 693 g/mol. The molecule has 8 heteroatoms. The maximum Gasteiger partial charge on any atom is 0.155 e. The SMILES string of the molecule is CC(=O)/C=C(/C)O.CC1(C)c2nccnc2-c2c(-c3[c-]c4ccccc4c([Si](C)(C)C)c3)ncnc2C1(C)C.[Ir]. The summed E-state index contributed by atoms with van der Waals surface area (Å²) in [5.74, 6) is -0.0625. The fourth-order valence-electron chi connectivity index (χ4n) is 5.13. The normalized spacial score (nSPS) is 15.2. The Morgan fingerprint density at radius 2 is 1.52 bits per heavy atom. The van der Waals surface area contributed by atoms with E-state index in [4.69, 9.17) is 25.0 Å². The number of rotatable bonds is 3.